The maximum absolute atomic E-state index is 12.5. The summed E-state index contributed by atoms with van der Waals surface area (Å²) in [6, 6.07) is 8.22. The molecule has 1 aromatic heterocycles. The Morgan fingerprint density at radius 2 is 1.78 bits per heavy atom. The van der Waals surface area contributed by atoms with E-state index in [2.05, 4.69) is 18.4 Å². The Bertz CT molecular complexity index is 850. The number of rotatable bonds is 8. The van der Waals surface area contributed by atoms with Crippen molar-refractivity contribution in [1.82, 2.24) is 4.57 Å². The molecule has 1 aromatic carbocycles. The molecule has 0 spiro atoms. The van der Waals surface area contributed by atoms with Crippen LogP contribution in [0.25, 0.3) is 0 Å². The lowest BCUT2D eigenvalue weighted by molar-refractivity contribution is 0.0474. The minimum atomic E-state index is -1.10. The first kappa shape index (κ1) is 21.1. The van der Waals surface area contributed by atoms with E-state index in [1.54, 1.807) is 30.5 Å². The van der Waals surface area contributed by atoms with Gasteiger partial charge in [0.2, 0.25) is 5.78 Å². The number of aromatic nitrogens is 1. The van der Waals surface area contributed by atoms with E-state index in [4.69, 9.17) is 4.74 Å². The average Bonchev–Trinajstić information content (AvgIpc) is 2.91. The minimum absolute atomic E-state index is 0.210. The van der Waals surface area contributed by atoms with Crippen LogP contribution in [0.3, 0.4) is 0 Å². The van der Waals surface area contributed by atoms with Crippen molar-refractivity contribution in [1.29, 1.82) is 0 Å². The monoisotopic (exact) mass is 389 g/mol. The lowest BCUT2D eigenvalue weighted by Crippen LogP contribution is -2.15. The Morgan fingerprint density at radius 1 is 1.15 bits per heavy atom. The number of aryl methyl sites for hydroxylation is 1. The summed E-state index contributed by atoms with van der Waals surface area (Å²) in [5, 5.41) is 0. The normalized spacial score (nSPS) is 12.2. The summed E-state index contributed by atoms with van der Waals surface area (Å²) >= 11 is 0. The number of benzene rings is 1. The maximum atomic E-state index is 12.5. The molecule has 5 nitrogen and oxygen atoms in total. The second kappa shape index (κ2) is 9.13. The summed E-state index contributed by atoms with van der Waals surface area (Å²) in [6.07, 6.45) is 2.61. The summed E-state index contributed by atoms with van der Waals surface area (Å²) in [6.45, 7) is 8.82. The molecule has 6 heteroatoms. The number of Topliss-reactive ketones (excluding diaryl/α,β-unsaturated/α-hetero) is 1. The van der Waals surface area contributed by atoms with Gasteiger partial charge in [0.15, 0.2) is 6.61 Å². The number of ether oxygens (including phenoxy) is 1. The van der Waals surface area contributed by atoms with Crippen LogP contribution in [0.1, 0.15) is 52.4 Å². The SMILES string of the molecule is Cc1cc(C(=O)COC(=O)c2ccc(S(C)=O)cc2)c(C)n1CCC(C)C. The van der Waals surface area contributed by atoms with Gasteiger partial charge in [-0.15, -0.1) is 0 Å². The molecular weight excluding hydrogens is 362 g/mol. The number of nitrogens with zero attached hydrogens (tertiary/aromatic N) is 1. The fourth-order valence-corrected chi connectivity index (χ4v) is 3.41. The van der Waals surface area contributed by atoms with Crippen LogP contribution in [0.4, 0.5) is 0 Å². The van der Waals surface area contributed by atoms with Gasteiger partial charge in [0, 0.05) is 45.4 Å². The van der Waals surface area contributed by atoms with Crippen molar-refractivity contribution in [2.24, 2.45) is 5.92 Å². The van der Waals surface area contributed by atoms with Gasteiger partial charge >= 0.3 is 5.97 Å². The van der Waals surface area contributed by atoms with Crippen molar-refractivity contribution in [2.45, 2.75) is 45.6 Å². The van der Waals surface area contributed by atoms with Crippen molar-refractivity contribution in [2.75, 3.05) is 12.9 Å². The maximum Gasteiger partial charge on any atom is 0.338 e. The van der Waals surface area contributed by atoms with Crippen LogP contribution in [0.2, 0.25) is 0 Å². The Kier molecular flexibility index (Phi) is 7.13. The molecule has 0 fully saturated rings. The molecule has 2 aromatic rings. The standard InChI is InChI=1S/C21H27NO4S/c1-14(2)10-11-22-15(3)12-19(16(22)4)20(23)13-26-21(24)17-6-8-18(9-7-17)27(5)25/h6-9,12,14H,10-11,13H2,1-5H3. The zero-order valence-electron chi connectivity index (χ0n) is 16.6. The molecule has 27 heavy (non-hydrogen) atoms. The predicted molar refractivity (Wildman–Crippen MR) is 107 cm³/mol. The van der Waals surface area contributed by atoms with Crippen molar-refractivity contribution in [3.8, 4) is 0 Å². The molecular formula is C21H27NO4S. The number of hydrogen-bond acceptors (Lipinski definition) is 4. The van der Waals surface area contributed by atoms with Crippen LogP contribution < -0.4 is 0 Å². The fraction of sp³-hybridized carbons (Fsp3) is 0.429. The van der Waals surface area contributed by atoms with Crippen molar-refractivity contribution >= 4 is 22.6 Å². The third kappa shape index (κ3) is 5.39. The van der Waals surface area contributed by atoms with Crippen LogP contribution >= 0.6 is 0 Å². The minimum Gasteiger partial charge on any atom is -0.454 e. The van der Waals surface area contributed by atoms with Gasteiger partial charge in [-0.25, -0.2) is 4.79 Å². The van der Waals surface area contributed by atoms with Crippen LogP contribution in [0.15, 0.2) is 35.2 Å². The molecule has 146 valence electrons. The van der Waals surface area contributed by atoms with E-state index in [9.17, 15) is 13.8 Å². The highest BCUT2D eigenvalue weighted by Crippen LogP contribution is 2.18. The molecule has 0 aliphatic carbocycles. The van der Waals surface area contributed by atoms with Crippen molar-refractivity contribution in [3.05, 3.63) is 52.8 Å². The van der Waals surface area contributed by atoms with Crippen LogP contribution in [0.5, 0.6) is 0 Å². The number of carbonyl (C=O) groups is 2. The van der Waals surface area contributed by atoms with Gasteiger partial charge in [-0.3, -0.25) is 9.00 Å². The summed E-state index contributed by atoms with van der Waals surface area (Å²) in [5.41, 5.74) is 2.87. The quantitative estimate of drug-likeness (QED) is 0.507. The molecule has 0 radical (unpaired) electrons. The second-order valence-corrected chi connectivity index (χ2v) is 8.48. The van der Waals surface area contributed by atoms with Gasteiger partial charge in [0.05, 0.1) is 5.56 Å². The number of ketones is 1. The summed E-state index contributed by atoms with van der Waals surface area (Å²) in [4.78, 5) is 25.3. The van der Waals surface area contributed by atoms with E-state index < -0.39 is 16.8 Å². The third-order valence-electron chi connectivity index (χ3n) is 4.56. The molecule has 0 amide bonds. The highest BCUT2D eigenvalue weighted by molar-refractivity contribution is 7.84. The number of carbonyl (C=O) groups excluding carboxylic acids is 2. The third-order valence-corrected chi connectivity index (χ3v) is 5.50. The van der Waals surface area contributed by atoms with E-state index in [0.29, 0.717) is 21.9 Å². The lowest BCUT2D eigenvalue weighted by Gasteiger charge is -2.11. The Labute approximate surface area is 163 Å². The Morgan fingerprint density at radius 3 is 2.33 bits per heavy atom. The lowest BCUT2D eigenvalue weighted by atomic mass is 10.1. The topological polar surface area (TPSA) is 65.4 Å². The van der Waals surface area contributed by atoms with Crippen LogP contribution in [0, 0.1) is 19.8 Å². The van der Waals surface area contributed by atoms with Gasteiger partial charge in [-0.2, -0.15) is 0 Å². The van der Waals surface area contributed by atoms with Crippen molar-refractivity contribution < 1.29 is 18.5 Å². The van der Waals surface area contributed by atoms with Gasteiger partial charge in [0.1, 0.15) is 0 Å². The predicted octanol–water partition coefficient (Wildman–Crippen LogP) is 3.93. The molecule has 2 rings (SSSR count). The summed E-state index contributed by atoms with van der Waals surface area (Å²) < 4.78 is 18.7. The molecule has 0 bridgehead atoms. The van der Waals surface area contributed by atoms with Gasteiger partial charge in [0.25, 0.3) is 0 Å². The molecule has 0 N–H and O–H groups in total. The second-order valence-electron chi connectivity index (χ2n) is 7.10. The van der Waals surface area contributed by atoms with E-state index >= 15 is 0 Å². The number of hydrogen-bond donors (Lipinski definition) is 0. The molecule has 1 heterocycles. The van der Waals surface area contributed by atoms with E-state index in [1.165, 1.54) is 0 Å². The van der Waals surface area contributed by atoms with Gasteiger partial charge in [-0.05, 0) is 56.5 Å². The highest BCUT2D eigenvalue weighted by atomic mass is 32.2. The van der Waals surface area contributed by atoms with E-state index in [-0.39, 0.29) is 12.4 Å². The average molecular weight is 390 g/mol. The number of esters is 1. The largest absolute Gasteiger partial charge is 0.454 e. The molecule has 1 unspecified atom stereocenters. The van der Waals surface area contributed by atoms with Gasteiger partial charge in [-0.1, -0.05) is 13.8 Å². The molecule has 0 aliphatic rings. The van der Waals surface area contributed by atoms with E-state index in [0.717, 1.165) is 24.4 Å². The van der Waals surface area contributed by atoms with Crippen LogP contribution in [-0.4, -0.2) is 33.4 Å². The first-order chi connectivity index (χ1) is 12.7. The zero-order valence-corrected chi connectivity index (χ0v) is 17.4. The Hall–Kier alpha value is -2.21. The smallest absolute Gasteiger partial charge is 0.338 e. The molecule has 0 aliphatic heterocycles. The highest BCUT2D eigenvalue weighted by Gasteiger charge is 2.18. The Balaban J connectivity index is 2.02. The molecule has 1 atom stereocenters. The van der Waals surface area contributed by atoms with Crippen molar-refractivity contribution in [3.63, 3.8) is 0 Å². The van der Waals surface area contributed by atoms with E-state index in [1.807, 2.05) is 19.9 Å². The fourth-order valence-electron chi connectivity index (χ4n) is 2.89. The molecule has 0 saturated carbocycles. The summed E-state index contributed by atoms with van der Waals surface area (Å²) in [5.74, 6) is -0.188. The first-order valence-electron chi connectivity index (χ1n) is 9.01. The van der Waals surface area contributed by atoms with Crippen LogP contribution in [-0.2, 0) is 22.1 Å². The zero-order chi connectivity index (χ0) is 20.1. The summed E-state index contributed by atoms with van der Waals surface area (Å²) in [7, 11) is -1.10. The first-order valence-corrected chi connectivity index (χ1v) is 10.6. The molecule has 0 saturated heterocycles. The van der Waals surface area contributed by atoms with Gasteiger partial charge < -0.3 is 9.30 Å².